The summed E-state index contributed by atoms with van der Waals surface area (Å²) in [5.41, 5.74) is 0.953. The van der Waals surface area contributed by atoms with Gasteiger partial charge < -0.3 is 15.4 Å². The third kappa shape index (κ3) is 5.54. The van der Waals surface area contributed by atoms with E-state index in [1.54, 1.807) is 24.3 Å². The van der Waals surface area contributed by atoms with Crippen LogP contribution in [0.15, 0.2) is 42.5 Å². The minimum absolute atomic E-state index is 0.00610. The Kier molecular flexibility index (Phi) is 7.08. The van der Waals surface area contributed by atoms with Crippen LogP contribution >= 0.6 is 0 Å². The van der Waals surface area contributed by atoms with E-state index in [4.69, 9.17) is 4.74 Å². The van der Waals surface area contributed by atoms with Crippen LogP contribution in [0.1, 0.15) is 35.7 Å². The zero-order chi connectivity index (χ0) is 18.9. The quantitative estimate of drug-likeness (QED) is 0.572. The molecule has 0 saturated heterocycles. The summed E-state index contributed by atoms with van der Waals surface area (Å²) in [7, 11) is 0. The fraction of sp³-hybridized carbons (Fsp3) is 0.263. The molecule has 2 rings (SSSR count). The second-order valence-electron chi connectivity index (χ2n) is 5.59. The monoisotopic (exact) mass is 362 g/mol. The van der Waals surface area contributed by atoms with E-state index in [2.05, 4.69) is 10.6 Å². The molecule has 0 aliphatic carbocycles. The topological polar surface area (TPSA) is 67.4 Å². The van der Waals surface area contributed by atoms with Gasteiger partial charge in [0.1, 0.15) is 0 Å². The summed E-state index contributed by atoms with van der Waals surface area (Å²) in [4.78, 5) is 24.1. The number of carbonyl (C=O) groups excluding carboxylic acids is 2. The van der Waals surface area contributed by atoms with E-state index in [-0.39, 0.29) is 12.1 Å². The number of hydrogen-bond donors (Lipinski definition) is 2. The molecule has 2 aromatic carbocycles. The first-order chi connectivity index (χ1) is 12.5. The predicted octanol–water partition coefficient (Wildman–Crippen LogP) is 4.24. The molecule has 0 aromatic heterocycles. The standard InChI is InChI=1S/C19H20F2N2O3/c1-2-3-10-26-18(24)14-6-4-5-7-17(14)23-19(25)22-12-13-8-9-15(20)16(21)11-13/h4-9,11H,2-3,10,12H2,1H3,(H2,22,23,25). The maximum Gasteiger partial charge on any atom is 0.340 e. The SMILES string of the molecule is CCCCOC(=O)c1ccccc1NC(=O)NCc1ccc(F)c(F)c1. The van der Waals surface area contributed by atoms with Gasteiger partial charge >= 0.3 is 12.0 Å². The lowest BCUT2D eigenvalue weighted by Gasteiger charge is -2.12. The maximum atomic E-state index is 13.2. The van der Waals surface area contributed by atoms with Crippen LogP contribution in [0.5, 0.6) is 0 Å². The number of para-hydroxylation sites is 1. The number of urea groups is 1. The van der Waals surface area contributed by atoms with Gasteiger partial charge in [0.25, 0.3) is 0 Å². The number of carbonyl (C=O) groups is 2. The van der Waals surface area contributed by atoms with Gasteiger partial charge in [-0.25, -0.2) is 18.4 Å². The van der Waals surface area contributed by atoms with Crippen molar-refractivity contribution in [1.29, 1.82) is 0 Å². The van der Waals surface area contributed by atoms with Crippen molar-refractivity contribution in [1.82, 2.24) is 5.32 Å². The molecular weight excluding hydrogens is 342 g/mol. The van der Waals surface area contributed by atoms with E-state index in [0.717, 1.165) is 25.0 Å². The number of esters is 1. The molecular formula is C19H20F2N2O3. The Morgan fingerprint density at radius 1 is 1.08 bits per heavy atom. The van der Waals surface area contributed by atoms with Gasteiger partial charge in [-0.05, 0) is 36.2 Å². The second-order valence-corrected chi connectivity index (χ2v) is 5.59. The van der Waals surface area contributed by atoms with Crippen LogP contribution in [-0.4, -0.2) is 18.6 Å². The molecule has 138 valence electrons. The molecule has 0 saturated carbocycles. The first kappa shape index (κ1) is 19.4. The van der Waals surface area contributed by atoms with Crippen molar-refractivity contribution >= 4 is 17.7 Å². The third-order valence-electron chi connectivity index (χ3n) is 3.56. The van der Waals surface area contributed by atoms with Crippen LogP contribution in [-0.2, 0) is 11.3 Å². The van der Waals surface area contributed by atoms with E-state index >= 15 is 0 Å². The number of ether oxygens (including phenoxy) is 1. The number of unbranched alkanes of at least 4 members (excludes halogenated alkanes) is 1. The Bertz CT molecular complexity index is 781. The largest absolute Gasteiger partial charge is 0.462 e. The number of benzene rings is 2. The number of nitrogens with one attached hydrogen (secondary N) is 2. The molecule has 2 amide bonds. The molecule has 0 aliphatic rings. The minimum atomic E-state index is -0.982. The lowest BCUT2D eigenvalue weighted by molar-refractivity contribution is 0.0501. The van der Waals surface area contributed by atoms with Crippen LogP contribution in [0.4, 0.5) is 19.3 Å². The summed E-state index contributed by atoms with van der Waals surface area (Å²) < 4.78 is 31.2. The van der Waals surface area contributed by atoms with Crippen molar-refractivity contribution in [2.24, 2.45) is 0 Å². The van der Waals surface area contributed by atoms with Crippen LogP contribution < -0.4 is 10.6 Å². The number of rotatable bonds is 7. The molecule has 0 bridgehead atoms. The summed E-state index contributed by atoms with van der Waals surface area (Å²) in [6.07, 6.45) is 1.66. The molecule has 5 nitrogen and oxygen atoms in total. The molecule has 0 fully saturated rings. The minimum Gasteiger partial charge on any atom is -0.462 e. The number of halogens is 2. The Morgan fingerprint density at radius 2 is 1.85 bits per heavy atom. The molecule has 2 aromatic rings. The highest BCUT2D eigenvalue weighted by Crippen LogP contribution is 2.16. The van der Waals surface area contributed by atoms with E-state index in [1.807, 2.05) is 6.92 Å². The van der Waals surface area contributed by atoms with E-state index < -0.39 is 23.6 Å². The van der Waals surface area contributed by atoms with Gasteiger partial charge in [0, 0.05) is 6.54 Å². The molecule has 0 radical (unpaired) electrons. The fourth-order valence-corrected chi connectivity index (χ4v) is 2.16. The maximum absolute atomic E-state index is 13.2. The number of amides is 2. The summed E-state index contributed by atoms with van der Waals surface area (Å²) in [5.74, 6) is -2.45. The Hall–Kier alpha value is -2.96. The highest BCUT2D eigenvalue weighted by molar-refractivity contribution is 6.00. The van der Waals surface area contributed by atoms with Crippen LogP contribution in [0, 0.1) is 11.6 Å². The smallest absolute Gasteiger partial charge is 0.340 e. The van der Waals surface area contributed by atoms with Gasteiger partial charge in [0.15, 0.2) is 11.6 Å². The van der Waals surface area contributed by atoms with Crippen molar-refractivity contribution in [2.75, 3.05) is 11.9 Å². The molecule has 0 heterocycles. The summed E-state index contributed by atoms with van der Waals surface area (Å²) >= 11 is 0. The highest BCUT2D eigenvalue weighted by atomic mass is 19.2. The van der Waals surface area contributed by atoms with Crippen molar-refractivity contribution in [3.63, 3.8) is 0 Å². The van der Waals surface area contributed by atoms with Gasteiger partial charge in [0.2, 0.25) is 0 Å². The van der Waals surface area contributed by atoms with E-state index in [0.29, 0.717) is 17.9 Å². The average molecular weight is 362 g/mol. The third-order valence-corrected chi connectivity index (χ3v) is 3.56. The average Bonchev–Trinajstić information content (AvgIpc) is 2.63. The molecule has 0 atom stereocenters. The van der Waals surface area contributed by atoms with Crippen LogP contribution in [0.2, 0.25) is 0 Å². The van der Waals surface area contributed by atoms with Gasteiger partial charge in [-0.1, -0.05) is 31.5 Å². The zero-order valence-electron chi connectivity index (χ0n) is 14.4. The first-order valence-corrected chi connectivity index (χ1v) is 8.26. The van der Waals surface area contributed by atoms with Crippen molar-refractivity contribution in [3.8, 4) is 0 Å². The van der Waals surface area contributed by atoms with Crippen molar-refractivity contribution in [3.05, 3.63) is 65.2 Å². The van der Waals surface area contributed by atoms with Gasteiger partial charge in [-0.15, -0.1) is 0 Å². The summed E-state index contributed by atoms with van der Waals surface area (Å²) in [6, 6.07) is 9.27. The Labute approximate surface area is 150 Å². The second kappa shape index (κ2) is 9.50. The molecule has 0 aliphatic heterocycles. The van der Waals surface area contributed by atoms with Gasteiger partial charge in [-0.3, -0.25) is 0 Å². The summed E-state index contributed by atoms with van der Waals surface area (Å²) in [5, 5.41) is 5.08. The highest BCUT2D eigenvalue weighted by Gasteiger charge is 2.14. The number of hydrogen-bond acceptors (Lipinski definition) is 3. The predicted molar refractivity (Wildman–Crippen MR) is 93.8 cm³/mol. The fourth-order valence-electron chi connectivity index (χ4n) is 2.16. The van der Waals surface area contributed by atoms with E-state index in [9.17, 15) is 18.4 Å². The zero-order valence-corrected chi connectivity index (χ0v) is 14.4. The Balaban J connectivity index is 1.96. The molecule has 0 spiro atoms. The molecule has 0 unspecified atom stereocenters. The van der Waals surface area contributed by atoms with Crippen molar-refractivity contribution in [2.45, 2.75) is 26.3 Å². The molecule has 2 N–H and O–H groups in total. The van der Waals surface area contributed by atoms with E-state index in [1.165, 1.54) is 6.07 Å². The Morgan fingerprint density at radius 3 is 2.58 bits per heavy atom. The first-order valence-electron chi connectivity index (χ1n) is 8.26. The van der Waals surface area contributed by atoms with Crippen LogP contribution in [0.25, 0.3) is 0 Å². The lowest BCUT2D eigenvalue weighted by atomic mass is 10.2. The number of anilines is 1. The van der Waals surface area contributed by atoms with Gasteiger partial charge in [-0.2, -0.15) is 0 Å². The van der Waals surface area contributed by atoms with Gasteiger partial charge in [0.05, 0.1) is 17.9 Å². The summed E-state index contributed by atoms with van der Waals surface area (Å²) in [6.45, 7) is 2.30. The van der Waals surface area contributed by atoms with Crippen molar-refractivity contribution < 1.29 is 23.1 Å². The van der Waals surface area contributed by atoms with Crippen LogP contribution in [0.3, 0.4) is 0 Å². The lowest BCUT2D eigenvalue weighted by Crippen LogP contribution is -2.29. The molecule has 26 heavy (non-hydrogen) atoms. The normalized spacial score (nSPS) is 10.3. The molecule has 7 heteroatoms.